The van der Waals surface area contributed by atoms with Gasteiger partial charge in [-0.3, -0.25) is 0 Å². The minimum atomic E-state index is 0.569. The lowest BCUT2D eigenvalue weighted by Gasteiger charge is -2.21. The highest BCUT2D eigenvalue weighted by molar-refractivity contribution is 7.92. The maximum atomic E-state index is 8.79. The van der Waals surface area contributed by atoms with Crippen LogP contribution in [-0.4, -0.2) is 11.1 Å². The SMILES string of the molecule is Nc1c(CSO)ccc2c1CCCN2. The van der Waals surface area contributed by atoms with Crippen molar-refractivity contribution in [2.75, 3.05) is 17.6 Å². The van der Waals surface area contributed by atoms with E-state index in [9.17, 15) is 0 Å². The third kappa shape index (κ3) is 1.67. The Balaban J connectivity index is 2.38. The number of rotatable bonds is 2. The van der Waals surface area contributed by atoms with Gasteiger partial charge in [0.2, 0.25) is 0 Å². The zero-order chi connectivity index (χ0) is 9.97. The van der Waals surface area contributed by atoms with Crippen LogP contribution in [0.4, 0.5) is 11.4 Å². The van der Waals surface area contributed by atoms with Gasteiger partial charge in [-0.1, -0.05) is 6.07 Å². The Morgan fingerprint density at radius 3 is 3.14 bits per heavy atom. The Morgan fingerprint density at radius 2 is 2.36 bits per heavy atom. The van der Waals surface area contributed by atoms with Crippen LogP contribution in [0.5, 0.6) is 0 Å². The average Bonchev–Trinajstić information content (AvgIpc) is 2.23. The number of nitrogens with one attached hydrogen (secondary N) is 1. The molecule has 1 aliphatic rings. The summed E-state index contributed by atoms with van der Waals surface area (Å²) in [6, 6.07) is 4.03. The van der Waals surface area contributed by atoms with Crippen molar-refractivity contribution in [1.29, 1.82) is 0 Å². The topological polar surface area (TPSA) is 58.3 Å². The molecular weight excluding hydrogens is 196 g/mol. The summed E-state index contributed by atoms with van der Waals surface area (Å²) in [4.78, 5) is 0. The van der Waals surface area contributed by atoms with E-state index in [0.29, 0.717) is 5.75 Å². The fourth-order valence-corrected chi connectivity index (χ4v) is 2.22. The smallest absolute Gasteiger partial charge is 0.0466 e. The summed E-state index contributed by atoms with van der Waals surface area (Å²) in [6.07, 6.45) is 2.17. The van der Waals surface area contributed by atoms with Gasteiger partial charge in [-0.2, -0.15) is 0 Å². The van der Waals surface area contributed by atoms with Crippen LogP contribution >= 0.6 is 12.0 Å². The summed E-state index contributed by atoms with van der Waals surface area (Å²) in [5, 5.41) is 3.32. The van der Waals surface area contributed by atoms with Gasteiger partial charge >= 0.3 is 0 Å². The Morgan fingerprint density at radius 1 is 1.50 bits per heavy atom. The van der Waals surface area contributed by atoms with E-state index in [4.69, 9.17) is 10.3 Å². The Labute approximate surface area is 87.9 Å². The van der Waals surface area contributed by atoms with E-state index in [0.717, 1.165) is 48.4 Å². The number of fused-ring (bicyclic) bond motifs is 1. The van der Waals surface area contributed by atoms with Gasteiger partial charge in [0.25, 0.3) is 0 Å². The van der Waals surface area contributed by atoms with Crippen LogP contribution in [0.3, 0.4) is 0 Å². The largest absolute Gasteiger partial charge is 0.398 e. The number of nitrogen functional groups attached to an aromatic ring is 1. The molecule has 4 N–H and O–H groups in total. The normalized spacial score (nSPS) is 14.6. The Bertz CT molecular complexity index is 341. The van der Waals surface area contributed by atoms with E-state index in [-0.39, 0.29) is 0 Å². The monoisotopic (exact) mass is 210 g/mol. The molecule has 0 bridgehead atoms. The number of benzene rings is 1. The molecule has 0 unspecified atom stereocenters. The minimum Gasteiger partial charge on any atom is -0.398 e. The molecule has 2 rings (SSSR count). The van der Waals surface area contributed by atoms with Gasteiger partial charge in [-0.25, -0.2) is 0 Å². The van der Waals surface area contributed by atoms with E-state index in [1.54, 1.807) is 0 Å². The molecular formula is C10H14N2OS. The molecule has 1 aliphatic heterocycles. The van der Waals surface area contributed by atoms with Gasteiger partial charge in [0.05, 0.1) is 0 Å². The van der Waals surface area contributed by atoms with Crippen molar-refractivity contribution in [3.63, 3.8) is 0 Å². The lowest BCUT2D eigenvalue weighted by molar-refractivity contribution is 0.663. The first kappa shape index (κ1) is 9.68. The molecule has 76 valence electrons. The lowest BCUT2D eigenvalue weighted by atomic mass is 9.99. The molecule has 0 aliphatic carbocycles. The highest BCUT2D eigenvalue weighted by Crippen LogP contribution is 2.31. The Kier molecular flexibility index (Phi) is 2.84. The summed E-state index contributed by atoms with van der Waals surface area (Å²) >= 11 is 0.819. The molecule has 0 aromatic heterocycles. The third-order valence-electron chi connectivity index (χ3n) is 2.59. The number of nitrogens with two attached hydrogens (primary N) is 1. The van der Waals surface area contributed by atoms with Gasteiger partial charge in [-0.15, -0.1) is 0 Å². The fourth-order valence-electron chi connectivity index (χ4n) is 1.83. The van der Waals surface area contributed by atoms with E-state index in [1.165, 1.54) is 5.56 Å². The van der Waals surface area contributed by atoms with E-state index in [1.807, 2.05) is 6.07 Å². The second-order valence-electron chi connectivity index (χ2n) is 3.47. The number of hydrogen-bond acceptors (Lipinski definition) is 4. The molecule has 0 fully saturated rings. The van der Waals surface area contributed by atoms with Crippen molar-refractivity contribution < 1.29 is 4.55 Å². The van der Waals surface area contributed by atoms with E-state index >= 15 is 0 Å². The second kappa shape index (κ2) is 4.11. The highest BCUT2D eigenvalue weighted by Gasteiger charge is 2.13. The van der Waals surface area contributed by atoms with Crippen molar-refractivity contribution in [2.24, 2.45) is 0 Å². The van der Waals surface area contributed by atoms with Gasteiger partial charge in [0, 0.05) is 23.7 Å². The van der Waals surface area contributed by atoms with Crippen LogP contribution in [0.25, 0.3) is 0 Å². The third-order valence-corrected chi connectivity index (χ3v) is 3.03. The van der Waals surface area contributed by atoms with Gasteiger partial charge in [0.15, 0.2) is 0 Å². The number of anilines is 2. The first-order chi connectivity index (χ1) is 6.83. The maximum absolute atomic E-state index is 8.79. The fraction of sp³-hybridized carbons (Fsp3) is 0.400. The van der Waals surface area contributed by atoms with Crippen molar-refractivity contribution in [1.82, 2.24) is 0 Å². The molecule has 0 spiro atoms. The summed E-state index contributed by atoms with van der Waals surface area (Å²) in [6.45, 7) is 1.03. The zero-order valence-corrected chi connectivity index (χ0v) is 8.73. The van der Waals surface area contributed by atoms with Gasteiger partial charge in [-0.05, 0) is 42.1 Å². The molecule has 0 amide bonds. The molecule has 1 aromatic rings. The predicted octanol–water partition coefficient (Wildman–Crippen LogP) is 2.33. The molecule has 3 nitrogen and oxygen atoms in total. The molecule has 4 heteroatoms. The van der Waals surface area contributed by atoms with Crippen molar-refractivity contribution in [3.05, 3.63) is 23.3 Å². The molecule has 1 heterocycles. The maximum Gasteiger partial charge on any atom is 0.0466 e. The molecule has 1 aromatic carbocycles. The van der Waals surface area contributed by atoms with E-state index in [2.05, 4.69) is 11.4 Å². The Hall–Kier alpha value is -0.870. The van der Waals surface area contributed by atoms with Gasteiger partial charge < -0.3 is 15.6 Å². The summed E-state index contributed by atoms with van der Waals surface area (Å²) in [5.41, 5.74) is 10.3. The van der Waals surface area contributed by atoms with Crippen LogP contribution in [0.2, 0.25) is 0 Å². The zero-order valence-electron chi connectivity index (χ0n) is 7.92. The molecule has 0 saturated carbocycles. The van der Waals surface area contributed by atoms with Crippen LogP contribution in [-0.2, 0) is 12.2 Å². The van der Waals surface area contributed by atoms with Crippen molar-refractivity contribution >= 4 is 23.4 Å². The molecule has 14 heavy (non-hydrogen) atoms. The summed E-state index contributed by atoms with van der Waals surface area (Å²) < 4.78 is 8.79. The number of hydrogen-bond donors (Lipinski definition) is 3. The highest BCUT2D eigenvalue weighted by atomic mass is 32.2. The van der Waals surface area contributed by atoms with Crippen LogP contribution in [0, 0.1) is 0 Å². The molecule has 0 radical (unpaired) electrons. The second-order valence-corrected chi connectivity index (χ2v) is 4.02. The van der Waals surface area contributed by atoms with Gasteiger partial charge in [0.1, 0.15) is 0 Å². The first-order valence-corrected chi connectivity index (χ1v) is 5.67. The lowest BCUT2D eigenvalue weighted by Crippen LogP contribution is -2.14. The van der Waals surface area contributed by atoms with Crippen LogP contribution < -0.4 is 11.1 Å². The van der Waals surface area contributed by atoms with Crippen LogP contribution in [0.15, 0.2) is 12.1 Å². The van der Waals surface area contributed by atoms with E-state index < -0.39 is 0 Å². The predicted molar refractivity (Wildman–Crippen MR) is 61.6 cm³/mol. The quantitative estimate of drug-likeness (QED) is 0.518. The molecule has 0 saturated heterocycles. The summed E-state index contributed by atoms with van der Waals surface area (Å²) in [5.74, 6) is 0.569. The van der Waals surface area contributed by atoms with Crippen LogP contribution in [0.1, 0.15) is 17.5 Å². The van der Waals surface area contributed by atoms with Crippen molar-refractivity contribution in [2.45, 2.75) is 18.6 Å². The van der Waals surface area contributed by atoms with Crippen molar-refractivity contribution in [3.8, 4) is 0 Å². The first-order valence-electron chi connectivity index (χ1n) is 4.73. The minimum absolute atomic E-state index is 0.569. The summed E-state index contributed by atoms with van der Waals surface area (Å²) in [7, 11) is 0. The average molecular weight is 210 g/mol. The molecule has 0 atom stereocenters. The standard InChI is InChI=1S/C10H14N2OS/c11-10-7(6-14-13)3-4-9-8(10)2-1-5-12-9/h3-4,12-13H,1-2,5-6,11H2.